The van der Waals surface area contributed by atoms with Crippen LogP contribution < -0.4 is 0 Å². The van der Waals surface area contributed by atoms with Crippen molar-refractivity contribution in [3.05, 3.63) is 48.0 Å². The second-order valence-electron chi connectivity index (χ2n) is 4.33. The van der Waals surface area contributed by atoms with Gasteiger partial charge < -0.3 is 10.2 Å². The molecule has 3 rings (SSSR count). The largest absolute Gasteiger partial charge is 0.508 e. The average molecular weight is 256 g/mol. The summed E-state index contributed by atoms with van der Waals surface area (Å²) in [5, 5.41) is 20.5. The second kappa shape index (κ2) is 4.03. The quantitative estimate of drug-likeness (QED) is 0.682. The van der Waals surface area contributed by atoms with Crippen LogP contribution in [-0.2, 0) is 0 Å². The lowest BCUT2D eigenvalue weighted by Crippen LogP contribution is -1.74. The lowest BCUT2D eigenvalue weighted by atomic mass is 10.1. The summed E-state index contributed by atoms with van der Waals surface area (Å²) in [5.74, 6) is 0.512. The van der Waals surface area contributed by atoms with E-state index >= 15 is 0 Å². The fraction of sp³-hybridized carbons (Fsp3) is 0.0667. The van der Waals surface area contributed by atoms with Gasteiger partial charge in [-0.3, -0.25) is 0 Å². The van der Waals surface area contributed by atoms with Crippen LogP contribution in [0.25, 0.3) is 20.5 Å². The lowest BCUT2D eigenvalue weighted by molar-refractivity contribution is 0.476. The number of hydrogen-bond donors (Lipinski definition) is 2. The Morgan fingerprint density at radius 3 is 2.39 bits per heavy atom. The molecule has 0 spiro atoms. The van der Waals surface area contributed by atoms with Crippen molar-refractivity contribution in [1.82, 2.24) is 0 Å². The third-order valence-electron chi connectivity index (χ3n) is 2.96. The molecule has 0 aliphatic rings. The Balaban J connectivity index is 2.23. The van der Waals surface area contributed by atoms with Gasteiger partial charge in [0.2, 0.25) is 0 Å². The molecule has 2 nitrogen and oxygen atoms in total. The van der Waals surface area contributed by atoms with Gasteiger partial charge >= 0.3 is 0 Å². The van der Waals surface area contributed by atoms with Crippen LogP contribution in [0.4, 0.5) is 0 Å². The van der Waals surface area contributed by atoms with Crippen LogP contribution in [-0.4, -0.2) is 10.2 Å². The maximum atomic E-state index is 10.2. The van der Waals surface area contributed by atoms with E-state index in [1.54, 1.807) is 18.2 Å². The number of aryl methyl sites for hydroxylation is 1. The van der Waals surface area contributed by atoms with Crippen molar-refractivity contribution >= 4 is 21.4 Å². The second-order valence-corrected chi connectivity index (χ2v) is 5.38. The number of benzene rings is 2. The van der Waals surface area contributed by atoms with Crippen molar-refractivity contribution in [2.24, 2.45) is 0 Å². The molecule has 0 aliphatic heterocycles. The predicted molar refractivity (Wildman–Crippen MR) is 75.3 cm³/mol. The van der Waals surface area contributed by atoms with Crippen molar-refractivity contribution in [2.75, 3.05) is 0 Å². The van der Waals surface area contributed by atoms with Crippen LogP contribution in [0.3, 0.4) is 0 Å². The van der Waals surface area contributed by atoms with Gasteiger partial charge in [0.1, 0.15) is 11.5 Å². The van der Waals surface area contributed by atoms with E-state index in [0.717, 1.165) is 20.5 Å². The Hall–Kier alpha value is -2.00. The topological polar surface area (TPSA) is 40.5 Å². The summed E-state index contributed by atoms with van der Waals surface area (Å²) in [4.78, 5) is 0.843. The first kappa shape index (κ1) is 11.1. The van der Waals surface area contributed by atoms with Gasteiger partial charge in [0, 0.05) is 10.1 Å². The standard InChI is InChI=1S/C15H12O2S/c1-9-2-4-10(5-3-9)15-14(17)12-7-6-11(16)8-13(12)18-15/h2-8,16-17H,1H3. The molecule has 0 bridgehead atoms. The fourth-order valence-electron chi connectivity index (χ4n) is 1.97. The number of thiophene rings is 1. The van der Waals surface area contributed by atoms with Crippen LogP contribution in [0.5, 0.6) is 11.5 Å². The van der Waals surface area contributed by atoms with E-state index in [0.29, 0.717) is 5.75 Å². The summed E-state index contributed by atoms with van der Waals surface area (Å²) in [7, 11) is 0. The molecule has 3 heteroatoms. The zero-order valence-electron chi connectivity index (χ0n) is 9.84. The summed E-state index contributed by atoms with van der Waals surface area (Å²) >= 11 is 1.49. The summed E-state index contributed by atoms with van der Waals surface area (Å²) in [6, 6.07) is 13.1. The van der Waals surface area contributed by atoms with Gasteiger partial charge in [-0.05, 0) is 30.7 Å². The fourth-order valence-corrected chi connectivity index (χ4v) is 3.11. The molecule has 0 amide bonds. The highest BCUT2D eigenvalue weighted by Gasteiger charge is 2.13. The molecule has 90 valence electrons. The Morgan fingerprint density at radius 1 is 0.944 bits per heavy atom. The van der Waals surface area contributed by atoms with Gasteiger partial charge in [0.25, 0.3) is 0 Å². The van der Waals surface area contributed by atoms with Crippen LogP contribution in [0.1, 0.15) is 5.56 Å². The Labute approximate surface area is 109 Å². The van der Waals surface area contributed by atoms with Crippen molar-refractivity contribution in [3.63, 3.8) is 0 Å². The molecule has 2 aromatic carbocycles. The third kappa shape index (κ3) is 1.73. The lowest BCUT2D eigenvalue weighted by Gasteiger charge is -1.99. The zero-order valence-corrected chi connectivity index (χ0v) is 10.7. The normalized spacial score (nSPS) is 10.9. The Kier molecular flexibility index (Phi) is 2.49. The number of phenolic OH excluding ortho intramolecular Hbond substituents is 1. The molecule has 18 heavy (non-hydrogen) atoms. The number of aromatic hydroxyl groups is 2. The monoisotopic (exact) mass is 256 g/mol. The Bertz CT molecular complexity index is 711. The third-order valence-corrected chi connectivity index (χ3v) is 4.15. The van der Waals surface area contributed by atoms with E-state index in [9.17, 15) is 10.2 Å². The van der Waals surface area contributed by atoms with E-state index < -0.39 is 0 Å². The molecule has 0 radical (unpaired) electrons. The minimum absolute atomic E-state index is 0.221. The first-order valence-electron chi connectivity index (χ1n) is 5.66. The molecule has 0 atom stereocenters. The molecular formula is C15H12O2S. The highest BCUT2D eigenvalue weighted by molar-refractivity contribution is 7.22. The maximum absolute atomic E-state index is 10.2. The van der Waals surface area contributed by atoms with Crippen molar-refractivity contribution in [1.29, 1.82) is 0 Å². The molecular weight excluding hydrogens is 244 g/mol. The number of rotatable bonds is 1. The van der Waals surface area contributed by atoms with Gasteiger partial charge in [-0.25, -0.2) is 0 Å². The van der Waals surface area contributed by atoms with Crippen LogP contribution in [0.15, 0.2) is 42.5 Å². The SMILES string of the molecule is Cc1ccc(-c2sc3cc(O)ccc3c2O)cc1. The molecule has 0 saturated carbocycles. The number of hydrogen-bond acceptors (Lipinski definition) is 3. The summed E-state index contributed by atoms with van der Waals surface area (Å²) in [5.41, 5.74) is 2.19. The van der Waals surface area contributed by atoms with E-state index in [-0.39, 0.29) is 5.75 Å². The maximum Gasteiger partial charge on any atom is 0.142 e. The summed E-state index contributed by atoms with van der Waals surface area (Å²) < 4.78 is 0.892. The number of phenols is 1. The average Bonchev–Trinajstić information content (AvgIpc) is 2.67. The van der Waals surface area contributed by atoms with Gasteiger partial charge in [-0.2, -0.15) is 0 Å². The van der Waals surface area contributed by atoms with Crippen LogP contribution in [0.2, 0.25) is 0 Å². The predicted octanol–water partition coefficient (Wildman–Crippen LogP) is 4.29. The highest BCUT2D eigenvalue weighted by Crippen LogP contribution is 2.44. The summed E-state index contributed by atoms with van der Waals surface area (Å²) in [6.45, 7) is 2.03. The molecule has 3 aromatic rings. The first-order chi connectivity index (χ1) is 8.65. The van der Waals surface area contributed by atoms with E-state index in [4.69, 9.17) is 0 Å². The highest BCUT2D eigenvalue weighted by atomic mass is 32.1. The van der Waals surface area contributed by atoms with Gasteiger partial charge in [0.05, 0.1) is 4.88 Å². The van der Waals surface area contributed by atoms with Crippen molar-refractivity contribution in [2.45, 2.75) is 6.92 Å². The minimum Gasteiger partial charge on any atom is -0.508 e. The first-order valence-corrected chi connectivity index (χ1v) is 6.48. The van der Waals surface area contributed by atoms with Crippen LogP contribution >= 0.6 is 11.3 Å². The number of fused-ring (bicyclic) bond motifs is 1. The van der Waals surface area contributed by atoms with Gasteiger partial charge in [-0.1, -0.05) is 29.8 Å². The molecule has 0 unspecified atom stereocenters. The molecule has 0 fully saturated rings. The molecule has 2 N–H and O–H groups in total. The van der Waals surface area contributed by atoms with E-state index in [1.807, 2.05) is 31.2 Å². The molecule has 0 saturated heterocycles. The van der Waals surface area contributed by atoms with Crippen molar-refractivity contribution < 1.29 is 10.2 Å². The minimum atomic E-state index is 0.221. The van der Waals surface area contributed by atoms with E-state index in [1.165, 1.54) is 16.9 Å². The van der Waals surface area contributed by atoms with Gasteiger partial charge in [0.15, 0.2) is 0 Å². The van der Waals surface area contributed by atoms with Crippen molar-refractivity contribution in [3.8, 4) is 21.9 Å². The Morgan fingerprint density at radius 2 is 1.67 bits per heavy atom. The molecule has 1 aromatic heterocycles. The summed E-state index contributed by atoms with van der Waals surface area (Å²) in [6.07, 6.45) is 0. The van der Waals surface area contributed by atoms with Gasteiger partial charge in [-0.15, -0.1) is 11.3 Å². The zero-order chi connectivity index (χ0) is 12.7. The molecule has 0 aliphatic carbocycles. The van der Waals surface area contributed by atoms with E-state index in [2.05, 4.69) is 0 Å². The van der Waals surface area contributed by atoms with Crippen LogP contribution in [0, 0.1) is 6.92 Å². The molecule has 1 heterocycles. The smallest absolute Gasteiger partial charge is 0.142 e.